The van der Waals surface area contributed by atoms with E-state index in [9.17, 15) is 14.0 Å². The van der Waals surface area contributed by atoms with Crippen molar-refractivity contribution < 1.29 is 14.0 Å². The van der Waals surface area contributed by atoms with Crippen molar-refractivity contribution in [3.8, 4) is 5.69 Å². The van der Waals surface area contributed by atoms with Crippen molar-refractivity contribution >= 4 is 29.2 Å². The average molecular weight is 440 g/mol. The number of aromatic nitrogens is 2. The van der Waals surface area contributed by atoms with Gasteiger partial charge in [0.2, 0.25) is 0 Å². The van der Waals surface area contributed by atoms with Crippen LogP contribution >= 0.6 is 11.6 Å². The molecule has 0 fully saturated rings. The van der Waals surface area contributed by atoms with Gasteiger partial charge in [0, 0.05) is 16.9 Å². The molecule has 0 saturated carbocycles. The average Bonchev–Trinajstić information content (AvgIpc) is 3.03. The monoisotopic (exact) mass is 439 g/mol. The Bertz CT molecular complexity index is 1190. The van der Waals surface area contributed by atoms with E-state index in [1.807, 2.05) is 30.3 Å². The molecule has 3 aromatic rings. The van der Waals surface area contributed by atoms with Crippen molar-refractivity contribution in [1.82, 2.24) is 20.4 Å². The lowest BCUT2D eigenvalue weighted by molar-refractivity contribution is -0.113. The minimum Gasteiger partial charge on any atom is -0.326 e. The third kappa shape index (κ3) is 4.02. The molecule has 7 nitrogen and oxygen atoms in total. The number of anilines is 1. The van der Waals surface area contributed by atoms with Gasteiger partial charge in [-0.25, -0.2) is 13.9 Å². The van der Waals surface area contributed by atoms with E-state index in [1.165, 1.54) is 24.3 Å². The molecule has 0 unspecified atom stereocenters. The fourth-order valence-corrected chi connectivity index (χ4v) is 3.90. The first-order chi connectivity index (χ1) is 14.8. The topological polar surface area (TPSA) is 88.1 Å². The summed E-state index contributed by atoms with van der Waals surface area (Å²) in [5, 5.41) is 12.9. The number of nitrogens with zero attached hydrogens (tertiary/aromatic N) is 2. The lowest BCUT2D eigenvalue weighted by Crippen LogP contribution is -2.46. The molecule has 31 heavy (non-hydrogen) atoms. The number of urea groups is 1. The second-order valence-electron chi connectivity index (χ2n) is 7.07. The molecule has 1 aliphatic heterocycles. The van der Waals surface area contributed by atoms with E-state index >= 15 is 0 Å². The second-order valence-corrected chi connectivity index (χ2v) is 7.43. The number of para-hydroxylation sites is 1. The maximum absolute atomic E-state index is 13.2. The van der Waals surface area contributed by atoms with Crippen molar-refractivity contribution in [2.24, 2.45) is 0 Å². The fourth-order valence-electron chi connectivity index (χ4n) is 3.52. The quantitative estimate of drug-likeness (QED) is 0.568. The van der Waals surface area contributed by atoms with E-state index in [4.69, 9.17) is 11.6 Å². The second kappa shape index (κ2) is 8.23. The Morgan fingerprint density at radius 1 is 1.13 bits per heavy atom. The number of allylic oxidation sites excluding steroid dienone is 1. The molecule has 158 valence electrons. The van der Waals surface area contributed by atoms with Crippen LogP contribution in [0, 0.1) is 12.7 Å². The Hall–Kier alpha value is -3.65. The van der Waals surface area contributed by atoms with Gasteiger partial charge in [-0.3, -0.25) is 4.79 Å². The van der Waals surface area contributed by atoms with Gasteiger partial charge in [0.05, 0.1) is 23.0 Å². The molecule has 0 aliphatic carbocycles. The summed E-state index contributed by atoms with van der Waals surface area (Å²) in [7, 11) is 0. The number of hydrogen-bond donors (Lipinski definition) is 3. The number of carbonyl (C=O) groups is 2. The Kier molecular flexibility index (Phi) is 5.48. The van der Waals surface area contributed by atoms with Gasteiger partial charge in [-0.15, -0.1) is 0 Å². The zero-order valence-corrected chi connectivity index (χ0v) is 17.5. The number of benzene rings is 2. The van der Waals surface area contributed by atoms with Crippen LogP contribution in [-0.4, -0.2) is 21.7 Å². The number of rotatable bonds is 4. The minimum atomic E-state index is -0.820. The van der Waals surface area contributed by atoms with E-state index in [0.29, 0.717) is 22.6 Å². The highest BCUT2D eigenvalue weighted by Gasteiger charge is 2.35. The molecule has 0 bridgehead atoms. The zero-order chi connectivity index (χ0) is 22.1. The molecule has 3 amide bonds. The van der Waals surface area contributed by atoms with Gasteiger partial charge in [-0.05, 0) is 50.2 Å². The van der Waals surface area contributed by atoms with Crippen molar-refractivity contribution in [2.75, 3.05) is 5.32 Å². The highest BCUT2D eigenvalue weighted by atomic mass is 35.5. The van der Waals surface area contributed by atoms with Crippen LogP contribution in [0.4, 0.5) is 14.9 Å². The summed E-state index contributed by atoms with van der Waals surface area (Å²) in [5.41, 5.74) is 2.92. The molecule has 0 radical (unpaired) electrons. The van der Waals surface area contributed by atoms with Crippen LogP contribution in [0.2, 0.25) is 5.15 Å². The molecule has 9 heteroatoms. The van der Waals surface area contributed by atoms with Gasteiger partial charge in [-0.1, -0.05) is 29.8 Å². The standard InChI is InChI=1S/C22H19ClFN5O2/c1-12-18(21(30)26-15-10-8-14(24)9-11-15)19(27-22(31)25-12)17-13(2)28-29(20(17)23)16-6-4-3-5-7-16/h3-11,19H,1-2H3,(H,26,30)(H2,25,27,31)/t19-/m1/s1. The van der Waals surface area contributed by atoms with E-state index < -0.39 is 23.8 Å². The van der Waals surface area contributed by atoms with Crippen LogP contribution in [0.15, 0.2) is 65.9 Å². The summed E-state index contributed by atoms with van der Waals surface area (Å²) in [6, 6.07) is 13.4. The minimum absolute atomic E-state index is 0.279. The third-order valence-corrected chi connectivity index (χ3v) is 5.32. The smallest absolute Gasteiger partial charge is 0.319 e. The van der Waals surface area contributed by atoms with Crippen LogP contribution in [0.3, 0.4) is 0 Å². The molecule has 4 rings (SSSR count). The summed E-state index contributed by atoms with van der Waals surface area (Å²) in [5.74, 6) is -0.863. The normalized spacial score (nSPS) is 16.0. The lowest BCUT2D eigenvalue weighted by atomic mass is 9.95. The SMILES string of the molecule is CC1=C(C(=O)Nc2ccc(F)cc2)[C@@H](c2c(C)nn(-c3ccccc3)c2Cl)NC(=O)N1. The summed E-state index contributed by atoms with van der Waals surface area (Å²) < 4.78 is 14.8. The Morgan fingerprint density at radius 2 is 1.81 bits per heavy atom. The van der Waals surface area contributed by atoms with Gasteiger partial charge in [0.15, 0.2) is 0 Å². The number of amides is 3. The summed E-state index contributed by atoms with van der Waals surface area (Å²) in [4.78, 5) is 25.3. The number of nitrogens with one attached hydrogen (secondary N) is 3. The Morgan fingerprint density at radius 3 is 2.48 bits per heavy atom. The first-order valence-electron chi connectivity index (χ1n) is 9.51. The molecule has 2 aromatic carbocycles. The maximum Gasteiger partial charge on any atom is 0.319 e. The zero-order valence-electron chi connectivity index (χ0n) is 16.7. The number of aryl methyl sites for hydroxylation is 1. The van der Waals surface area contributed by atoms with Crippen LogP contribution in [0.1, 0.15) is 24.2 Å². The van der Waals surface area contributed by atoms with E-state index in [1.54, 1.807) is 18.5 Å². The Labute approximate surface area is 182 Å². The third-order valence-electron chi connectivity index (χ3n) is 4.95. The van der Waals surface area contributed by atoms with Gasteiger partial charge >= 0.3 is 6.03 Å². The lowest BCUT2D eigenvalue weighted by Gasteiger charge is -2.28. The molecule has 1 aromatic heterocycles. The molecule has 2 heterocycles. The summed E-state index contributed by atoms with van der Waals surface area (Å²) in [6.45, 7) is 3.40. The largest absolute Gasteiger partial charge is 0.326 e. The molecule has 3 N–H and O–H groups in total. The molecular formula is C22H19ClFN5O2. The van der Waals surface area contributed by atoms with Gasteiger partial charge in [0.1, 0.15) is 11.0 Å². The summed E-state index contributed by atoms with van der Waals surface area (Å²) in [6.07, 6.45) is 0. The predicted molar refractivity (Wildman–Crippen MR) is 115 cm³/mol. The summed E-state index contributed by atoms with van der Waals surface area (Å²) >= 11 is 6.67. The highest BCUT2D eigenvalue weighted by molar-refractivity contribution is 6.31. The fraction of sp³-hybridized carbons (Fsp3) is 0.136. The first kappa shape index (κ1) is 20.6. The van der Waals surface area contributed by atoms with Crippen LogP contribution in [-0.2, 0) is 4.79 Å². The maximum atomic E-state index is 13.2. The highest BCUT2D eigenvalue weighted by Crippen LogP contribution is 2.35. The molecule has 1 atom stereocenters. The van der Waals surface area contributed by atoms with Crippen molar-refractivity contribution in [2.45, 2.75) is 19.9 Å². The molecule has 1 aliphatic rings. The molecule has 0 saturated heterocycles. The van der Waals surface area contributed by atoms with E-state index in [-0.39, 0.29) is 10.7 Å². The van der Waals surface area contributed by atoms with Crippen molar-refractivity contribution in [3.05, 3.63) is 88.1 Å². The van der Waals surface area contributed by atoms with Gasteiger partial charge in [-0.2, -0.15) is 5.10 Å². The van der Waals surface area contributed by atoms with Crippen LogP contribution in [0.25, 0.3) is 5.69 Å². The van der Waals surface area contributed by atoms with E-state index in [0.717, 1.165) is 5.69 Å². The van der Waals surface area contributed by atoms with Crippen LogP contribution in [0.5, 0.6) is 0 Å². The molecular weight excluding hydrogens is 421 g/mol. The number of carbonyl (C=O) groups excluding carboxylic acids is 2. The number of halogens is 2. The van der Waals surface area contributed by atoms with Crippen molar-refractivity contribution in [1.29, 1.82) is 0 Å². The first-order valence-corrected chi connectivity index (χ1v) is 9.88. The Balaban J connectivity index is 1.75. The van der Waals surface area contributed by atoms with Gasteiger partial charge in [0.25, 0.3) is 5.91 Å². The van der Waals surface area contributed by atoms with E-state index in [2.05, 4.69) is 21.0 Å². The predicted octanol–water partition coefficient (Wildman–Crippen LogP) is 4.24. The number of hydrogen-bond acceptors (Lipinski definition) is 3. The molecule has 0 spiro atoms. The van der Waals surface area contributed by atoms with Gasteiger partial charge < -0.3 is 16.0 Å². The van der Waals surface area contributed by atoms with Crippen molar-refractivity contribution in [3.63, 3.8) is 0 Å². The van der Waals surface area contributed by atoms with Crippen LogP contribution < -0.4 is 16.0 Å².